The van der Waals surface area contributed by atoms with Crippen molar-refractivity contribution >= 4 is 16.8 Å². The second-order valence-corrected chi connectivity index (χ2v) is 10.9. The van der Waals surface area contributed by atoms with Crippen molar-refractivity contribution < 1.29 is 19.0 Å². The third kappa shape index (κ3) is 3.80. The lowest BCUT2D eigenvalue weighted by molar-refractivity contribution is 0.0390. The van der Waals surface area contributed by atoms with E-state index >= 15 is 0 Å². The van der Waals surface area contributed by atoms with Gasteiger partial charge in [-0.3, -0.25) is 9.69 Å². The first-order valence-electron chi connectivity index (χ1n) is 13.0. The molecular formula is C29H34FN3O3. The largest absolute Gasteiger partial charge is 0.497 e. The van der Waals surface area contributed by atoms with Gasteiger partial charge in [0.25, 0.3) is 5.91 Å². The van der Waals surface area contributed by atoms with Gasteiger partial charge in [0.05, 0.1) is 25.3 Å². The molecular weight excluding hydrogens is 457 g/mol. The van der Waals surface area contributed by atoms with E-state index < -0.39 is 0 Å². The normalized spacial score (nSPS) is 21.7. The van der Waals surface area contributed by atoms with Crippen LogP contribution < -0.4 is 4.74 Å². The molecule has 7 heteroatoms. The Morgan fingerprint density at radius 2 is 1.86 bits per heavy atom. The molecule has 1 amide bonds. The van der Waals surface area contributed by atoms with Crippen LogP contribution in [0.1, 0.15) is 53.3 Å². The Morgan fingerprint density at radius 1 is 1.14 bits per heavy atom. The Hall–Kier alpha value is -2.90. The van der Waals surface area contributed by atoms with Crippen LogP contribution in [-0.2, 0) is 12.5 Å². The van der Waals surface area contributed by atoms with Gasteiger partial charge in [0.15, 0.2) is 0 Å². The minimum absolute atomic E-state index is 0.0338. The first-order chi connectivity index (χ1) is 17.4. The molecule has 3 heterocycles. The van der Waals surface area contributed by atoms with Gasteiger partial charge in [-0.1, -0.05) is 0 Å². The molecule has 1 N–H and O–H groups in total. The molecule has 6 rings (SSSR count). The highest BCUT2D eigenvalue weighted by Gasteiger charge is 2.49. The van der Waals surface area contributed by atoms with Gasteiger partial charge in [0, 0.05) is 61.4 Å². The number of aliphatic hydroxyl groups is 1. The molecule has 1 atom stereocenters. The molecule has 3 aromatic rings. The van der Waals surface area contributed by atoms with Gasteiger partial charge in [-0.05, 0) is 73.6 Å². The van der Waals surface area contributed by atoms with E-state index in [1.54, 1.807) is 19.2 Å². The van der Waals surface area contributed by atoms with Crippen molar-refractivity contribution in [1.29, 1.82) is 0 Å². The molecule has 6 nitrogen and oxygen atoms in total. The zero-order valence-electron chi connectivity index (χ0n) is 21.0. The van der Waals surface area contributed by atoms with E-state index in [2.05, 4.69) is 28.6 Å². The number of aromatic nitrogens is 1. The minimum Gasteiger partial charge on any atom is -0.497 e. The van der Waals surface area contributed by atoms with Gasteiger partial charge in [0.1, 0.15) is 11.6 Å². The van der Waals surface area contributed by atoms with Crippen molar-refractivity contribution in [2.75, 3.05) is 39.9 Å². The van der Waals surface area contributed by atoms with Crippen molar-refractivity contribution in [2.24, 2.45) is 13.0 Å². The molecule has 3 aliphatic rings. The molecule has 2 fully saturated rings. The van der Waals surface area contributed by atoms with E-state index in [0.29, 0.717) is 24.6 Å². The molecule has 1 saturated carbocycles. The van der Waals surface area contributed by atoms with Crippen molar-refractivity contribution in [3.63, 3.8) is 0 Å². The summed E-state index contributed by atoms with van der Waals surface area (Å²) >= 11 is 0. The second kappa shape index (κ2) is 8.89. The van der Waals surface area contributed by atoms with E-state index in [9.17, 15) is 14.3 Å². The standard InChI is InChI=1S/C29H34FN3O3/c1-31-24-15-22(36-2)9-10-23(24)26-27(31)25(17-34)33(16-19-3-4-19)18-29(26)11-13-32(14-12-29)28(35)20-5-7-21(30)8-6-20/h5-10,15,19,25,34H,3-4,11-14,16-18H2,1-2H3/t25-/m0/s1. The monoisotopic (exact) mass is 491 g/mol. The predicted molar refractivity (Wildman–Crippen MR) is 137 cm³/mol. The number of halogens is 1. The SMILES string of the molecule is COc1ccc2c3c(n(C)c2c1)[C@H](CO)N(CC1CC1)CC31CCN(C(=O)c2ccc(F)cc2)CC1. The van der Waals surface area contributed by atoms with Crippen LogP contribution in [0.5, 0.6) is 5.75 Å². The number of hydrogen-bond donors (Lipinski definition) is 1. The molecule has 0 unspecified atom stereocenters. The van der Waals surface area contributed by atoms with Crippen molar-refractivity contribution in [1.82, 2.24) is 14.4 Å². The first kappa shape index (κ1) is 23.5. The van der Waals surface area contributed by atoms with Crippen LogP contribution in [0.15, 0.2) is 42.5 Å². The fourth-order valence-corrected chi connectivity index (χ4v) is 6.61. The molecule has 1 aliphatic carbocycles. The summed E-state index contributed by atoms with van der Waals surface area (Å²) in [6, 6.07) is 12.1. The lowest BCUT2D eigenvalue weighted by Crippen LogP contribution is -2.55. The van der Waals surface area contributed by atoms with Crippen molar-refractivity contribution in [3.05, 3.63) is 65.1 Å². The number of carbonyl (C=O) groups is 1. The summed E-state index contributed by atoms with van der Waals surface area (Å²) < 4.78 is 21.2. The van der Waals surface area contributed by atoms with Crippen LogP contribution in [0.25, 0.3) is 10.9 Å². The summed E-state index contributed by atoms with van der Waals surface area (Å²) in [7, 11) is 3.79. The van der Waals surface area contributed by atoms with E-state index in [0.717, 1.165) is 37.2 Å². The Labute approximate surface area is 211 Å². The van der Waals surface area contributed by atoms with Gasteiger partial charge in [0.2, 0.25) is 0 Å². The lowest BCUT2D eigenvalue weighted by Gasteiger charge is -2.50. The number of aliphatic hydroxyl groups excluding tert-OH is 1. The Bertz CT molecular complexity index is 1290. The van der Waals surface area contributed by atoms with Crippen molar-refractivity contribution in [3.8, 4) is 5.75 Å². The van der Waals surface area contributed by atoms with Gasteiger partial charge in [-0.2, -0.15) is 0 Å². The zero-order valence-corrected chi connectivity index (χ0v) is 21.0. The van der Waals surface area contributed by atoms with Crippen molar-refractivity contribution in [2.45, 2.75) is 37.1 Å². The Morgan fingerprint density at radius 3 is 2.50 bits per heavy atom. The number of piperidine rings is 1. The number of hydrogen-bond acceptors (Lipinski definition) is 4. The number of amides is 1. The number of benzene rings is 2. The summed E-state index contributed by atoms with van der Waals surface area (Å²) in [4.78, 5) is 17.6. The molecule has 0 bridgehead atoms. The van der Waals surface area contributed by atoms with E-state index in [1.807, 2.05) is 11.0 Å². The third-order valence-corrected chi connectivity index (χ3v) is 8.71. The summed E-state index contributed by atoms with van der Waals surface area (Å²) in [5.74, 6) is 1.17. The molecule has 2 aliphatic heterocycles. The maximum absolute atomic E-state index is 13.4. The average molecular weight is 492 g/mol. The zero-order chi connectivity index (χ0) is 25.0. The second-order valence-electron chi connectivity index (χ2n) is 10.9. The molecule has 2 aromatic carbocycles. The number of carbonyl (C=O) groups excluding carboxylic acids is 1. The third-order valence-electron chi connectivity index (χ3n) is 8.71. The van der Waals surface area contributed by atoms with Gasteiger partial charge in [-0.25, -0.2) is 4.39 Å². The molecule has 1 spiro atoms. The Balaban J connectivity index is 1.39. The highest BCUT2D eigenvalue weighted by atomic mass is 19.1. The fraction of sp³-hybridized carbons (Fsp3) is 0.483. The lowest BCUT2D eigenvalue weighted by atomic mass is 9.68. The highest BCUT2D eigenvalue weighted by molar-refractivity contribution is 5.94. The number of ether oxygens (including phenoxy) is 1. The van der Waals surface area contributed by atoms with Crippen LogP contribution in [0, 0.1) is 11.7 Å². The number of fused-ring (bicyclic) bond motifs is 4. The van der Waals surface area contributed by atoms with Crippen LogP contribution in [0.2, 0.25) is 0 Å². The van der Waals surface area contributed by atoms with Crippen LogP contribution >= 0.6 is 0 Å². The van der Waals surface area contributed by atoms with Gasteiger partial charge < -0.3 is 19.3 Å². The smallest absolute Gasteiger partial charge is 0.253 e. The van der Waals surface area contributed by atoms with Crippen LogP contribution in [0.4, 0.5) is 4.39 Å². The number of likely N-dealkylation sites (tertiary alicyclic amines) is 1. The average Bonchev–Trinajstić information content (AvgIpc) is 3.67. The summed E-state index contributed by atoms with van der Waals surface area (Å²) in [5, 5.41) is 11.8. The fourth-order valence-electron chi connectivity index (χ4n) is 6.61. The highest BCUT2D eigenvalue weighted by Crippen LogP contribution is 2.51. The number of nitrogens with zero attached hydrogens (tertiary/aromatic N) is 3. The van der Waals surface area contributed by atoms with Crippen LogP contribution in [-0.4, -0.2) is 65.3 Å². The first-order valence-corrected chi connectivity index (χ1v) is 13.0. The maximum Gasteiger partial charge on any atom is 0.253 e. The summed E-state index contributed by atoms with van der Waals surface area (Å²) in [6.07, 6.45) is 4.25. The van der Waals surface area contributed by atoms with E-state index in [1.165, 1.54) is 41.6 Å². The number of aryl methyl sites for hydroxylation is 1. The molecule has 36 heavy (non-hydrogen) atoms. The minimum atomic E-state index is -0.333. The van der Waals surface area contributed by atoms with E-state index in [4.69, 9.17) is 4.74 Å². The predicted octanol–water partition coefficient (Wildman–Crippen LogP) is 4.26. The summed E-state index contributed by atoms with van der Waals surface area (Å²) in [5.41, 5.74) is 4.09. The number of methoxy groups -OCH3 is 1. The van der Waals surface area contributed by atoms with E-state index in [-0.39, 0.29) is 29.8 Å². The molecule has 1 aromatic heterocycles. The topological polar surface area (TPSA) is 57.9 Å². The summed E-state index contributed by atoms with van der Waals surface area (Å²) in [6.45, 7) is 3.31. The molecule has 190 valence electrons. The Kier molecular flexibility index (Phi) is 5.80. The number of rotatable bonds is 5. The van der Waals surface area contributed by atoms with Gasteiger partial charge in [-0.15, -0.1) is 0 Å². The molecule has 0 radical (unpaired) electrons. The quantitative estimate of drug-likeness (QED) is 0.580. The maximum atomic E-state index is 13.4. The van der Waals surface area contributed by atoms with Crippen LogP contribution in [0.3, 0.4) is 0 Å². The molecule has 1 saturated heterocycles. The van der Waals surface area contributed by atoms with Gasteiger partial charge >= 0.3 is 0 Å².